The van der Waals surface area contributed by atoms with Crippen molar-refractivity contribution in [1.29, 1.82) is 5.26 Å². The molecule has 0 aliphatic heterocycles. The maximum Gasteiger partial charge on any atom is 0.418 e. The number of nitrogens with one attached hydrogen (secondary N) is 1. The minimum absolute atomic E-state index is 0.193. The maximum atomic E-state index is 13.0. The van der Waals surface area contributed by atoms with Crippen LogP contribution in [0.1, 0.15) is 18.1 Å². The zero-order valence-electron chi connectivity index (χ0n) is 13.9. The van der Waals surface area contributed by atoms with E-state index in [2.05, 4.69) is 5.32 Å². The number of hydrogen-bond donors (Lipinski definition) is 1. The highest BCUT2D eigenvalue weighted by molar-refractivity contribution is 5.94. The molecular weight excluding hydrogens is 349 g/mol. The molecule has 5 nitrogen and oxygen atoms in total. The number of nitriles is 1. The number of nitrogens with zero attached hydrogens (tertiary/aromatic N) is 1. The minimum atomic E-state index is -4.59. The van der Waals surface area contributed by atoms with Gasteiger partial charge >= 0.3 is 6.18 Å². The molecule has 0 radical (unpaired) electrons. The number of amides is 1. The first-order chi connectivity index (χ1) is 12.3. The molecule has 2 aromatic carbocycles. The fourth-order valence-electron chi connectivity index (χ4n) is 2.15. The molecule has 0 spiro atoms. The summed E-state index contributed by atoms with van der Waals surface area (Å²) < 4.78 is 49.5. The van der Waals surface area contributed by atoms with Crippen molar-refractivity contribution in [2.75, 3.05) is 12.4 Å². The molecule has 1 amide bonds. The fraction of sp³-hybridized carbons (Fsp3) is 0.222. The molecule has 2 rings (SSSR count). The number of methoxy groups -OCH3 is 1. The third kappa shape index (κ3) is 4.45. The first-order valence-electron chi connectivity index (χ1n) is 7.48. The molecule has 1 atom stereocenters. The Labute approximate surface area is 148 Å². The number of carbonyl (C=O) groups excluding carboxylic acids is 1. The van der Waals surface area contributed by atoms with Gasteiger partial charge in [0, 0.05) is 6.07 Å². The van der Waals surface area contributed by atoms with Crippen LogP contribution < -0.4 is 14.8 Å². The zero-order chi connectivity index (χ0) is 19.3. The number of halogens is 3. The Morgan fingerprint density at radius 3 is 2.50 bits per heavy atom. The van der Waals surface area contributed by atoms with Gasteiger partial charge in [0.25, 0.3) is 5.91 Å². The summed E-state index contributed by atoms with van der Waals surface area (Å²) in [5, 5.41) is 11.1. The Morgan fingerprint density at radius 2 is 1.88 bits per heavy atom. The van der Waals surface area contributed by atoms with Crippen LogP contribution in [0.3, 0.4) is 0 Å². The molecule has 0 aliphatic rings. The highest BCUT2D eigenvalue weighted by Crippen LogP contribution is 2.35. The Balaban J connectivity index is 2.16. The van der Waals surface area contributed by atoms with Gasteiger partial charge in [0.05, 0.1) is 30.0 Å². The van der Waals surface area contributed by atoms with Gasteiger partial charge in [-0.1, -0.05) is 12.1 Å². The molecule has 0 heterocycles. The summed E-state index contributed by atoms with van der Waals surface area (Å²) in [6.07, 6.45) is -5.69. The van der Waals surface area contributed by atoms with Gasteiger partial charge in [-0.05, 0) is 31.2 Å². The van der Waals surface area contributed by atoms with E-state index in [1.165, 1.54) is 44.4 Å². The minimum Gasteiger partial charge on any atom is -0.493 e. The Kier molecular flexibility index (Phi) is 5.72. The number of carbonyl (C=O) groups is 1. The number of benzene rings is 2. The molecule has 1 unspecified atom stereocenters. The number of rotatable bonds is 5. The van der Waals surface area contributed by atoms with Crippen LogP contribution >= 0.6 is 0 Å². The summed E-state index contributed by atoms with van der Waals surface area (Å²) in [5.41, 5.74) is -0.964. The van der Waals surface area contributed by atoms with E-state index in [0.717, 1.165) is 12.1 Å². The first-order valence-corrected chi connectivity index (χ1v) is 7.48. The van der Waals surface area contributed by atoms with E-state index in [1.807, 2.05) is 6.07 Å². The first kappa shape index (κ1) is 19.1. The monoisotopic (exact) mass is 364 g/mol. The molecule has 0 fully saturated rings. The molecule has 2 aromatic rings. The van der Waals surface area contributed by atoms with Gasteiger partial charge in [0.2, 0.25) is 0 Å². The summed E-state index contributed by atoms with van der Waals surface area (Å²) >= 11 is 0. The summed E-state index contributed by atoms with van der Waals surface area (Å²) in [5.74, 6) is -0.328. The molecule has 0 aliphatic carbocycles. The molecule has 26 heavy (non-hydrogen) atoms. The van der Waals surface area contributed by atoms with E-state index in [4.69, 9.17) is 14.7 Å². The SMILES string of the molecule is COc1cc(C#N)ccc1OC(C)C(=O)Nc1ccccc1C(F)(F)F. The quantitative estimate of drug-likeness (QED) is 0.871. The average molecular weight is 364 g/mol. The van der Waals surface area contributed by atoms with Crippen LogP contribution in [-0.4, -0.2) is 19.1 Å². The van der Waals surface area contributed by atoms with Crippen molar-refractivity contribution >= 4 is 11.6 Å². The Bertz CT molecular complexity index is 844. The molecule has 0 aromatic heterocycles. The standard InChI is InChI=1S/C18H15F3N2O3/c1-11(26-15-8-7-12(10-22)9-16(15)25-2)17(24)23-14-6-4-3-5-13(14)18(19,20)21/h3-9,11H,1-2H3,(H,23,24). The van der Waals surface area contributed by atoms with Crippen molar-refractivity contribution in [3.05, 3.63) is 53.6 Å². The molecule has 0 saturated carbocycles. The van der Waals surface area contributed by atoms with Crippen LogP contribution in [0.2, 0.25) is 0 Å². The molecule has 136 valence electrons. The number of anilines is 1. The Hall–Kier alpha value is -3.21. The van der Waals surface area contributed by atoms with E-state index in [-0.39, 0.29) is 17.2 Å². The van der Waals surface area contributed by atoms with Crippen molar-refractivity contribution in [1.82, 2.24) is 0 Å². The van der Waals surface area contributed by atoms with Crippen LogP contribution in [0.5, 0.6) is 11.5 Å². The van der Waals surface area contributed by atoms with E-state index in [1.54, 1.807) is 0 Å². The average Bonchev–Trinajstić information content (AvgIpc) is 2.61. The fourth-order valence-corrected chi connectivity index (χ4v) is 2.15. The third-order valence-corrected chi connectivity index (χ3v) is 3.46. The van der Waals surface area contributed by atoms with Gasteiger partial charge in [0.1, 0.15) is 0 Å². The second kappa shape index (κ2) is 7.78. The van der Waals surface area contributed by atoms with Crippen LogP contribution in [0.4, 0.5) is 18.9 Å². The lowest BCUT2D eigenvalue weighted by Crippen LogP contribution is -2.31. The van der Waals surface area contributed by atoms with E-state index in [9.17, 15) is 18.0 Å². The molecule has 1 N–H and O–H groups in total. The predicted molar refractivity (Wildman–Crippen MR) is 87.9 cm³/mol. The number of alkyl halides is 3. The smallest absolute Gasteiger partial charge is 0.418 e. The normalized spacial score (nSPS) is 12.0. The van der Waals surface area contributed by atoms with Crippen molar-refractivity contribution in [3.8, 4) is 17.6 Å². The number of ether oxygens (including phenoxy) is 2. The van der Waals surface area contributed by atoms with Crippen molar-refractivity contribution in [3.63, 3.8) is 0 Å². The second-order valence-corrected chi connectivity index (χ2v) is 5.27. The summed E-state index contributed by atoms with van der Waals surface area (Å²) in [7, 11) is 1.37. The van der Waals surface area contributed by atoms with Gasteiger partial charge in [-0.2, -0.15) is 18.4 Å². The van der Waals surface area contributed by atoms with Gasteiger partial charge in [-0.15, -0.1) is 0 Å². The van der Waals surface area contributed by atoms with Gasteiger partial charge < -0.3 is 14.8 Å². The number of hydrogen-bond acceptors (Lipinski definition) is 4. The van der Waals surface area contributed by atoms with Crippen molar-refractivity contribution < 1.29 is 27.4 Å². The van der Waals surface area contributed by atoms with Crippen molar-refractivity contribution in [2.45, 2.75) is 19.2 Å². The molecule has 0 bridgehead atoms. The van der Waals surface area contributed by atoms with Gasteiger partial charge in [-0.3, -0.25) is 4.79 Å². The topological polar surface area (TPSA) is 71.3 Å². The van der Waals surface area contributed by atoms with E-state index < -0.39 is 23.8 Å². The van der Waals surface area contributed by atoms with Gasteiger partial charge in [-0.25, -0.2) is 0 Å². The summed E-state index contributed by atoms with van der Waals surface area (Å²) in [6.45, 7) is 1.39. The highest BCUT2D eigenvalue weighted by atomic mass is 19.4. The Morgan fingerprint density at radius 1 is 1.19 bits per heavy atom. The second-order valence-electron chi connectivity index (χ2n) is 5.27. The summed E-state index contributed by atoms with van der Waals surface area (Å²) in [6, 6.07) is 11.0. The lowest BCUT2D eigenvalue weighted by atomic mass is 10.1. The largest absolute Gasteiger partial charge is 0.493 e. The van der Waals surface area contributed by atoms with Crippen LogP contribution in [-0.2, 0) is 11.0 Å². The highest BCUT2D eigenvalue weighted by Gasteiger charge is 2.34. The lowest BCUT2D eigenvalue weighted by molar-refractivity contribution is -0.137. The van der Waals surface area contributed by atoms with E-state index >= 15 is 0 Å². The van der Waals surface area contributed by atoms with Crippen LogP contribution in [0, 0.1) is 11.3 Å². The lowest BCUT2D eigenvalue weighted by Gasteiger charge is -2.18. The summed E-state index contributed by atoms with van der Waals surface area (Å²) in [4.78, 5) is 12.2. The van der Waals surface area contributed by atoms with Crippen LogP contribution in [0.25, 0.3) is 0 Å². The molecule has 0 saturated heterocycles. The van der Waals surface area contributed by atoms with Crippen molar-refractivity contribution in [2.24, 2.45) is 0 Å². The molecule has 8 heteroatoms. The number of para-hydroxylation sites is 1. The van der Waals surface area contributed by atoms with E-state index in [0.29, 0.717) is 5.56 Å². The predicted octanol–water partition coefficient (Wildman–Crippen LogP) is 3.99. The molecular formula is C18H15F3N2O3. The van der Waals surface area contributed by atoms with Gasteiger partial charge in [0.15, 0.2) is 17.6 Å². The van der Waals surface area contributed by atoms with Crippen LogP contribution in [0.15, 0.2) is 42.5 Å². The third-order valence-electron chi connectivity index (χ3n) is 3.46. The maximum absolute atomic E-state index is 13.0. The zero-order valence-corrected chi connectivity index (χ0v) is 13.9.